The Hall–Kier alpha value is -2.51. The number of hydrogen-bond donors (Lipinski definition) is 1. The SMILES string of the molecule is COc1cc(C)c(C(C)NCc2ccc(C#N)cc2)cc1OC. The highest BCUT2D eigenvalue weighted by Gasteiger charge is 2.13. The minimum Gasteiger partial charge on any atom is -0.493 e. The Morgan fingerprint density at radius 3 is 2.26 bits per heavy atom. The van der Waals surface area contributed by atoms with Crippen molar-refractivity contribution in [3.05, 3.63) is 58.7 Å². The number of benzene rings is 2. The minimum atomic E-state index is 0.172. The monoisotopic (exact) mass is 310 g/mol. The summed E-state index contributed by atoms with van der Waals surface area (Å²) in [6.07, 6.45) is 0. The summed E-state index contributed by atoms with van der Waals surface area (Å²) in [5, 5.41) is 12.3. The Morgan fingerprint density at radius 2 is 1.70 bits per heavy atom. The lowest BCUT2D eigenvalue weighted by Crippen LogP contribution is -2.19. The number of aryl methyl sites for hydroxylation is 1. The highest BCUT2D eigenvalue weighted by atomic mass is 16.5. The summed E-state index contributed by atoms with van der Waals surface area (Å²) < 4.78 is 10.7. The molecule has 2 aromatic carbocycles. The Labute approximate surface area is 137 Å². The van der Waals surface area contributed by atoms with Crippen LogP contribution in [0.5, 0.6) is 11.5 Å². The molecule has 1 unspecified atom stereocenters. The number of hydrogen-bond acceptors (Lipinski definition) is 4. The van der Waals surface area contributed by atoms with E-state index in [0.717, 1.165) is 29.2 Å². The van der Waals surface area contributed by atoms with E-state index in [-0.39, 0.29) is 6.04 Å². The fraction of sp³-hybridized carbons (Fsp3) is 0.316. The molecule has 0 saturated carbocycles. The van der Waals surface area contributed by atoms with Crippen LogP contribution in [0.3, 0.4) is 0 Å². The first kappa shape index (κ1) is 16.9. The maximum atomic E-state index is 8.83. The molecule has 23 heavy (non-hydrogen) atoms. The van der Waals surface area contributed by atoms with Gasteiger partial charge in [-0.2, -0.15) is 5.26 Å². The van der Waals surface area contributed by atoms with Crippen LogP contribution in [-0.4, -0.2) is 14.2 Å². The van der Waals surface area contributed by atoms with Crippen LogP contribution in [0.4, 0.5) is 0 Å². The molecule has 0 aliphatic heterocycles. The van der Waals surface area contributed by atoms with Gasteiger partial charge in [0.05, 0.1) is 25.9 Å². The molecule has 0 fully saturated rings. The first-order valence-corrected chi connectivity index (χ1v) is 7.54. The molecular formula is C19H22N2O2. The van der Waals surface area contributed by atoms with Crippen LogP contribution in [0.1, 0.15) is 35.2 Å². The maximum absolute atomic E-state index is 8.83. The molecule has 0 aliphatic carbocycles. The second-order valence-electron chi connectivity index (χ2n) is 5.48. The molecule has 4 heteroatoms. The van der Waals surface area contributed by atoms with Crippen molar-refractivity contribution in [1.29, 1.82) is 5.26 Å². The summed E-state index contributed by atoms with van der Waals surface area (Å²) in [4.78, 5) is 0. The van der Waals surface area contributed by atoms with Crippen molar-refractivity contribution in [2.75, 3.05) is 14.2 Å². The van der Waals surface area contributed by atoms with Crippen molar-refractivity contribution in [3.8, 4) is 17.6 Å². The summed E-state index contributed by atoms with van der Waals surface area (Å²) in [7, 11) is 3.29. The van der Waals surface area contributed by atoms with Gasteiger partial charge in [0, 0.05) is 12.6 Å². The predicted octanol–water partition coefficient (Wildman–Crippen LogP) is 3.73. The standard InChI is InChI=1S/C19H22N2O2/c1-13-9-18(22-3)19(23-4)10-17(13)14(2)21-12-16-7-5-15(11-20)6-8-16/h5-10,14,21H,12H2,1-4H3. The van der Waals surface area contributed by atoms with Crippen LogP contribution in [-0.2, 0) is 6.54 Å². The highest BCUT2D eigenvalue weighted by molar-refractivity contribution is 5.48. The van der Waals surface area contributed by atoms with Crippen LogP contribution in [0.15, 0.2) is 36.4 Å². The van der Waals surface area contributed by atoms with Gasteiger partial charge in [0.2, 0.25) is 0 Å². The van der Waals surface area contributed by atoms with Gasteiger partial charge in [-0.1, -0.05) is 12.1 Å². The average Bonchev–Trinajstić information content (AvgIpc) is 2.59. The van der Waals surface area contributed by atoms with Gasteiger partial charge in [0.25, 0.3) is 0 Å². The number of rotatable bonds is 6. The number of nitrogens with zero attached hydrogens (tertiary/aromatic N) is 1. The molecule has 0 heterocycles. The third-order valence-corrected chi connectivity index (χ3v) is 3.93. The van der Waals surface area contributed by atoms with E-state index in [1.165, 1.54) is 5.56 Å². The van der Waals surface area contributed by atoms with Crippen LogP contribution in [0.25, 0.3) is 0 Å². The van der Waals surface area contributed by atoms with Gasteiger partial charge < -0.3 is 14.8 Å². The number of nitrogens with one attached hydrogen (secondary N) is 1. The van der Waals surface area contributed by atoms with E-state index in [1.54, 1.807) is 14.2 Å². The Bertz CT molecular complexity index is 703. The fourth-order valence-electron chi connectivity index (χ4n) is 2.54. The number of methoxy groups -OCH3 is 2. The maximum Gasteiger partial charge on any atom is 0.161 e. The third-order valence-electron chi connectivity index (χ3n) is 3.93. The van der Waals surface area contributed by atoms with Crippen LogP contribution in [0, 0.1) is 18.3 Å². The molecular weight excluding hydrogens is 288 g/mol. The zero-order chi connectivity index (χ0) is 16.8. The van der Waals surface area contributed by atoms with Gasteiger partial charge in [-0.05, 0) is 54.8 Å². The lowest BCUT2D eigenvalue weighted by atomic mass is 10.0. The second kappa shape index (κ2) is 7.66. The quantitative estimate of drug-likeness (QED) is 0.883. The first-order valence-electron chi connectivity index (χ1n) is 7.54. The van der Waals surface area contributed by atoms with Gasteiger partial charge in [-0.25, -0.2) is 0 Å². The largest absolute Gasteiger partial charge is 0.493 e. The van der Waals surface area contributed by atoms with Gasteiger partial charge in [0.1, 0.15) is 0 Å². The molecule has 1 atom stereocenters. The molecule has 0 radical (unpaired) electrons. The summed E-state index contributed by atoms with van der Waals surface area (Å²) in [6, 6.07) is 13.9. The van der Waals surface area contributed by atoms with Gasteiger partial charge in [-0.15, -0.1) is 0 Å². The summed E-state index contributed by atoms with van der Waals surface area (Å²) >= 11 is 0. The minimum absolute atomic E-state index is 0.172. The molecule has 0 aliphatic rings. The van der Waals surface area contributed by atoms with Crippen LogP contribution >= 0.6 is 0 Å². The first-order chi connectivity index (χ1) is 11.1. The molecule has 2 aromatic rings. The molecule has 0 bridgehead atoms. The van der Waals surface area contributed by atoms with E-state index >= 15 is 0 Å². The molecule has 0 amide bonds. The van der Waals surface area contributed by atoms with Gasteiger partial charge >= 0.3 is 0 Å². The zero-order valence-electron chi connectivity index (χ0n) is 14.0. The van der Waals surface area contributed by atoms with E-state index in [0.29, 0.717) is 5.56 Å². The lowest BCUT2D eigenvalue weighted by molar-refractivity contribution is 0.353. The molecule has 0 aromatic heterocycles. The van der Waals surface area contributed by atoms with Crippen molar-refractivity contribution >= 4 is 0 Å². The molecule has 2 rings (SSSR count). The van der Waals surface area contributed by atoms with Crippen molar-refractivity contribution in [3.63, 3.8) is 0 Å². The van der Waals surface area contributed by atoms with E-state index in [9.17, 15) is 0 Å². The number of ether oxygens (including phenoxy) is 2. The van der Waals surface area contributed by atoms with Gasteiger partial charge in [0.15, 0.2) is 11.5 Å². The second-order valence-corrected chi connectivity index (χ2v) is 5.48. The number of nitriles is 1. The summed E-state index contributed by atoms with van der Waals surface area (Å²) in [5.41, 5.74) is 4.16. The van der Waals surface area contributed by atoms with Crippen molar-refractivity contribution in [1.82, 2.24) is 5.32 Å². The Morgan fingerprint density at radius 1 is 1.09 bits per heavy atom. The zero-order valence-corrected chi connectivity index (χ0v) is 14.0. The van der Waals surface area contributed by atoms with Crippen LogP contribution < -0.4 is 14.8 Å². The molecule has 120 valence electrons. The Kier molecular flexibility index (Phi) is 5.61. The van der Waals surface area contributed by atoms with Crippen molar-refractivity contribution in [2.24, 2.45) is 0 Å². The fourth-order valence-corrected chi connectivity index (χ4v) is 2.54. The summed E-state index contributed by atoms with van der Waals surface area (Å²) in [5.74, 6) is 1.48. The van der Waals surface area contributed by atoms with E-state index < -0.39 is 0 Å². The molecule has 0 saturated heterocycles. The van der Waals surface area contributed by atoms with E-state index in [2.05, 4.69) is 25.2 Å². The predicted molar refractivity (Wildman–Crippen MR) is 90.7 cm³/mol. The lowest BCUT2D eigenvalue weighted by Gasteiger charge is -2.19. The molecule has 0 spiro atoms. The van der Waals surface area contributed by atoms with Crippen molar-refractivity contribution in [2.45, 2.75) is 26.4 Å². The Balaban J connectivity index is 2.10. The third kappa shape index (κ3) is 4.02. The van der Waals surface area contributed by atoms with Crippen molar-refractivity contribution < 1.29 is 9.47 Å². The van der Waals surface area contributed by atoms with E-state index in [1.807, 2.05) is 36.4 Å². The highest BCUT2D eigenvalue weighted by Crippen LogP contribution is 2.32. The van der Waals surface area contributed by atoms with E-state index in [4.69, 9.17) is 14.7 Å². The van der Waals surface area contributed by atoms with Crippen LogP contribution in [0.2, 0.25) is 0 Å². The summed E-state index contributed by atoms with van der Waals surface area (Å²) in [6.45, 7) is 4.93. The smallest absolute Gasteiger partial charge is 0.161 e. The normalized spacial score (nSPS) is 11.6. The average molecular weight is 310 g/mol. The van der Waals surface area contributed by atoms with Gasteiger partial charge in [-0.3, -0.25) is 0 Å². The topological polar surface area (TPSA) is 54.3 Å². The molecule has 4 nitrogen and oxygen atoms in total. The molecule has 1 N–H and O–H groups in total.